The fraction of sp³-hybridized carbons (Fsp3) is 0.0455. The molecular weight excluding hydrogens is 350 g/mol. The minimum absolute atomic E-state index is 0.131. The number of Topliss-reactive ketones (excluding diaryl/α,β-unsaturated/α-hetero) is 1. The Kier molecular flexibility index (Phi) is 4.42. The molecule has 4 rings (SSSR count). The smallest absolute Gasteiger partial charge is 0.231 e. The lowest BCUT2D eigenvalue weighted by atomic mass is 10.1. The zero-order valence-corrected chi connectivity index (χ0v) is 14.1. The van der Waals surface area contributed by atoms with E-state index in [0.29, 0.717) is 22.6 Å². The van der Waals surface area contributed by atoms with E-state index < -0.39 is 0 Å². The SMILES string of the molecule is O=C1/C(=C/c2cccc(F)c2)Oc2cc(OCc3ccc(F)cc3)ccc21. The van der Waals surface area contributed by atoms with Crippen LogP contribution in [0, 0.1) is 11.6 Å². The Hall–Kier alpha value is -3.47. The number of allylic oxidation sites excluding steroid dienone is 1. The first-order valence-electron chi connectivity index (χ1n) is 8.29. The quantitative estimate of drug-likeness (QED) is 0.600. The zero-order valence-electron chi connectivity index (χ0n) is 14.1. The molecule has 0 fully saturated rings. The van der Waals surface area contributed by atoms with Gasteiger partial charge in [0.25, 0.3) is 0 Å². The average molecular weight is 364 g/mol. The van der Waals surface area contributed by atoms with Gasteiger partial charge in [-0.1, -0.05) is 24.3 Å². The summed E-state index contributed by atoms with van der Waals surface area (Å²) in [4.78, 5) is 12.4. The first-order chi connectivity index (χ1) is 13.1. The monoisotopic (exact) mass is 364 g/mol. The van der Waals surface area contributed by atoms with Crippen LogP contribution in [0.25, 0.3) is 6.08 Å². The van der Waals surface area contributed by atoms with Gasteiger partial charge in [0.05, 0.1) is 5.56 Å². The number of hydrogen-bond donors (Lipinski definition) is 0. The molecule has 3 nitrogen and oxygen atoms in total. The van der Waals surface area contributed by atoms with Crippen LogP contribution in [0.1, 0.15) is 21.5 Å². The van der Waals surface area contributed by atoms with Crippen molar-refractivity contribution in [2.75, 3.05) is 0 Å². The van der Waals surface area contributed by atoms with Crippen LogP contribution in [-0.4, -0.2) is 5.78 Å². The van der Waals surface area contributed by atoms with E-state index in [0.717, 1.165) is 5.56 Å². The summed E-state index contributed by atoms with van der Waals surface area (Å²) in [7, 11) is 0. The van der Waals surface area contributed by atoms with Gasteiger partial charge in [-0.2, -0.15) is 0 Å². The second-order valence-electron chi connectivity index (χ2n) is 6.07. The molecular formula is C22H14F2O3. The lowest BCUT2D eigenvalue weighted by Crippen LogP contribution is -1.98. The largest absolute Gasteiger partial charge is 0.489 e. The molecule has 1 heterocycles. The Balaban J connectivity index is 1.51. The minimum Gasteiger partial charge on any atom is -0.489 e. The highest BCUT2D eigenvalue weighted by atomic mass is 19.1. The molecule has 1 aliphatic heterocycles. The second-order valence-corrected chi connectivity index (χ2v) is 6.07. The summed E-state index contributed by atoms with van der Waals surface area (Å²) in [5.41, 5.74) is 1.78. The van der Waals surface area contributed by atoms with Gasteiger partial charge in [0, 0.05) is 6.07 Å². The van der Waals surface area contributed by atoms with Crippen molar-refractivity contribution in [3.05, 3.63) is 101 Å². The van der Waals surface area contributed by atoms with E-state index in [4.69, 9.17) is 9.47 Å². The Bertz CT molecular complexity index is 1040. The maximum Gasteiger partial charge on any atom is 0.231 e. The summed E-state index contributed by atoms with van der Waals surface area (Å²) in [6.07, 6.45) is 1.50. The van der Waals surface area contributed by atoms with Crippen LogP contribution in [0.4, 0.5) is 8.78 Å². The number of carbonyl (C=O) groups is 1. The molecule has 0 atom stereocenters. The fourth-order valence-electron chi connectivity index (χ4n) is 2.75. The number of benzene rings is 3. The van der Waals surface area contributed by atoms with Crippen molar-refractivity contribution in [1.82, 2.24) is 0 Å². The molecule has 27 heavy (non-hydrogen) atoms. The molecule has 0 bridgehead atoms. The van der Waals surface area contributed by atoms with Gasteiger partial charge < -0.3 is 9.47 Å². The topological polar surface area (TPSA) is 35.5 Å². The lowest BCUT2D eigenvalue weighted by Gasteiger charge is -2.07. The summed E-state index contributed by atoms with van der Waals surface area (Å²) in [5.74, 6) is 0.0902. The predicted molar refractivity (Wildman–Crippen MR) is 96.5 cm³/mol. The maximum atomic E-state index is 13.3. The Labute approximate surface area is 154 Å². The van der Waals surface area contributed by atoms with Crippen molar-refractivity contribution in [3.63, 3.8) is 0 Å². The minimum atomic E-state index is -0.385. The van der Waals surface area contributed by atoms with Gasteiger partial charge >= 0.3 is 0 Å². The molecule has 0 aliphatic carbocycles. The van der Waals surface area contributed by atoms with Crippen molar-refractivity contribution in [3.8, 4) is 11.5 Å². The molecule has 5 heteroatoms. The van der Waals surface area contributed by atoms with E-state index in [9.17, 15) is 13.6 Å². The summed E-state index contributed by atoms with van der Waals surface area (Å²) in [6, 6.07) is 16.9. The molecule has 0 saturated carbocycles. The number of ketones is 1. The molecule has 1 aliphatic rings. The third-order valence-corrected chi connectivity index (χ3v) is 4.11. The Morgan fingerprint density at radius 3 is 2.52 bits per heavy atom. The van der Waals surface area contributed by atoms with E-state index in [1.807, 2.05) is 0 Å². The summed E-state index contributed by atoms with van der Waals surface area (Å²) in [5, 5.41) is 0. The standard InChI is InChI=1S/C22H14F2O3/c23-16-6-4-14(5-7-16)13-26-18-8-9-19-20(12-18)27-21(22(19)25)11-15-2-1-3-17(24)10-15/h1-12H,13H2/b21-11-. The molecule has 0 unspecified atom stereocenters. The van der Waals surface area contributed by atoms with E-state index >= 15 is 0 Å². The van der Waals surface area contributed by atoms with Crippen molar-refractivity contribution < 1.29 is 23.0 Å². The fourth-order valence-corrected chi connectivity index (χ4v) is 2.75. The van der Waals surface area contributed by atoms with Gasteiger partial charge in [0.15, 0.2) is 5.76 Å². The highest BCUT2D eigenvalue weighted by molar-refractivity contribution is 6.14. The third kappa shape index (κ3) is 3.72. The summed E-state index contributed by atoms with van der Waals surface area (Å²) < 4.78 is 37.6. The maximum absolute atomic E-state index is 13.3. The molecule has 3 aromatic carbocycles. The molecule has 0 radical (unpaired) electrons. The van der Waals surface area contributed by atoms with Crippen LogP contribution >= 0.6 is 0 Å². The predicted octanol–water partition coefficient (Wildman–Crippen LogP) is 5.16. The summed E-state index contributed by atoms with van der Waals surface area (Å²) >= 11 is 0. The lowest BCUT2D eigenvalue weighted by molar-refractivity contribution is 0.101. The Morgan fingerprint density at radius 2 is 1.74 bits per heavy atom. The first kappa shape index (κ1) is 17.0. The van der Waals surface area contributed by atoms with Crippen LogP contribution in [0.3, 0.4) is 0 Å². The number of carbonyl (C=O) groups excluding carboxylic acids is 1. The third-order valence-electron chi connectivity index (χ3n) is 4.11. The van der Waals surface area contributed by atoms with E-state index in [2.05, 4.69) is 0 Å². The van der Waals surface area contributed by atoms with E-state index in [1.165, 1.54) is 30.3 Å². The van der Waals surface area contributed by atoms with Gasteiger partial charge in [-0.15, -0.1) is 0 Å². The normalized spacial score (nSPS) is 14.1. The van der Waals surface area contributed by atoms with Crippen LogP contribution in [-0.2, 0) is 6.61 Å². The van der Waals surface area contributed by atoms with Crippen LogP contribution < -0.4 is 9.47 Å². The number of ether oxygens (including phenoxy) is 2. The van der Waals surface area contributed by atoms with Crippen LogP contribution in [0.2, 0.25) is 0 Å². The van der Waals surface area contributed by atoms with E-state index in [1.54, 1.807) is 42.5 Å². The summed E-state index contributed by atoms with van der Waals surface area (Å²) in [6.45, 7) is 0.263. The van der Waals surface area contributed by atoms with Gasteiger partial charge in [-0.05, 0) is 53.6 Å². The molecule has 0 spiro atoms. The highest BCUT2D eigenvalue weighted by Gasteiger charge is 2.27. The van der Waals surface area contributed by atoms with E-state index in [-0.39, 0.29) is 29.8 Å². The van der Waals surface area contributed by atoms with Crippen molar-refractivity contribution in [2.45, 2.75) is 6.61 Å². The number of hydrogen-bond acceptors (Lipinski definition) is 3. The Morgan fingerprint density at radius 1 is 0.926 bits per heavy atom. The van der Waals surface area contributed by atoms with Gasteiger partial charge in [-0.25, -0.2) is 8.78 Å². The van der Waals surface area contributed by atoms with Gasteiger partial charge in [0.1, 0.15) is 29.7 Å². The number of rotatable bonds is 4. The highest BCUT2D eigenvalue weighted by Crippen LogP contribution is 2.35. The molecule has 134 valence electrons. The molecule has 0 amide bonds. The van der Waals surface area contributed by atoms with Crippen molar-refractivity contribution >= 4 is 11.9 Å². The van der Waals surface area contributed by atoms with Crippen molar-refractivity contribution in [2.24, 2.45) is 0 Å². The van der Waals surface area contributed by atoms with Crippen molar-refractivity contribution in [1.29, 1.82) is 0 Å². The first-order valence-corrected chi connectivity index (χ1v) is 8.29. The molecule has 3 aromatic rings. The zero-order chi connectivity index (χ0) is 18.8. The number of halogens is 2. The second kappa shape index (κ2) is 7.03. The van der Waals surface area contributed by atoms with Gasteiger partial charge in [-0.3, -0.25) is 4.79 Å². The number of fused-ring (bicyclic) bond motifs is 1. The molecule has 0 N–H and O–H groups in total. The van der Waals surface area contributed by atoms with Gasteiger partial charge in [0.2, 0.25) is 5.78 Å². The average Bonchev–Trinajstić information content (AvgIpc) is 2.96. The van der Waals surface area contributed by atoms with Crippen LogP contribution in [0.15, 0.2) is 72.5 Å². The molecule has 0 aromatic heterocycles. The molecule has 0 saturated heterocycles. The van der Waals surface area contributed by atoms with Crippen LogP contribution in [0.5, 0.6) is 11.5 Å².